The van der Waals surface area contributed by atoms with Crippen LogP contribution in [0.15, 0.2) is 47.5 Å². The molecule has 5 nitrogen and oxygen atoms in total. The van der Waals surface area contributed by atoms with E-state index in [1.165, 1.54) is 5.56 Å². The van der Waals surface area contributed by atoms with E-state index in [4.69, 9.17) is 9.47 Å². The minimum atomic E-state index is 0. The molecule has 0 saturated heterocycles. The van der Waals surface area contributed by atoms with E-state index >= 15 is 0 Å². The summed E-state index contributed by atoms with van der Waals surface area (Å²) in [4.78, 5) is 4.68. The molecule has 0 atom stereocenters. The number of para-hydroxylation sites is 1. The van der Waals surface area contributed by atoms with Gasteiger partial charge in [-0.15, -0.1) is 24.0 Å². The summed E-state index contributed by atoms with van der Waals surface area (Å²) in [6, 6.07) is 14.2. The van der Waals surface area contributed by atoms with Crippen molar-refractivity contribution in [3.63, 3.8) is 0 Å². The SMILES string of the molecule is CCNC(=NCc1ccc(OC)c(C)c1)NCCc1ccccc1OC.I. The molecule has 0 saturated carbocycles. The maximum absolute atomic E-state index is 5.40. The van der Waals surface area contributed by atoms with Gasteiger partial charge in [0.25, 0.3) is 0 Å². The average molecular weight is 483 g/mol. The first-order chi connectivity index (χ1) is 12.7. The van der Waals surface area contributed by atoms with Gasteiger partial charge in [0.1, 0.15) is 11.5 Å². The molecule has 2 rings (SSSR count). The summed E-state index contributed by atoms with van der Waals surface area (Å²) in [5.74, 6) is 2.64. The van der Waals surface area contributed by atoms with Crippen molar-refractivity contribution in [3.05, 3.63) is 59.2 Å². The standard InChI is InChI=1S/C21H29N3O2.HI/c1-5-22-21(23-13-12-18-8-6-7-9-20(18)26-4)24-15-17-10-11-19(25-3)16(2)14-17;/h6-11,14H,5,12-13,15H2,1-4H3,(H2,22,23,24);1H. The van der Waals surface area contributed by atoms with Crippen LogP contribution >= 0.6 is 24.0 Å². The van der Waals surface area contributed by atoms with Crippen LogP contribution in [0.25, 0.3) is 0 Å². The Morgan fingerprint density at radius 1 is 1.00 bits per heavy atom. The third kappa shape index (κ3) is 7.28. The second-order valence-corrected chi connectivity index (χ2v) is 5.99. The topological polar surface area (TPSA) is 54.9 Å². The minimum absolute atomic E-state index is 0. The Morgan fingerprint density at radius 2 is 1.74 bits per heavy atom. The molecule has 148 valence electrons. The summed E-state index contributed by atoms with van der Waals surface area (Å²) >= 11 is 0. The van der Waals surface area contributed by atoms with Crippen molar-refractivity contribution < 1.29 is 9.47 Å². The van der Waals surface area contributed by atoms with Gasteiger partial charge in [0.05, 0.1) is 20.8 Å². The zero-order valence-corrected chi connectivity index (χ0v) is 18.9. The van der Waals surface area contributed by atoms with Gasteiger partial charge in [0, 0.05) is 13.1 Å². The summed E-state index contributed by atoms with van der Waals surface area (Å²) in [7, 11) is 3.39. The second kappa shape index (κ2) is 12.4. The molecular weight excluding hydrogens is 453 g/mol. The van der Waals surface area contributed by atoms with Gasteiger partial charge < -0.3 is 20.1 Å². The molecule has 0 amide bonds. The van der Waals surface area contributed by atoms with Gasteiger partial charge in [-0.05, 0) is 49.1 Å². The molecule has 2 N–H and O–H groups in total. The van der Waals surface area contributed by atoms with Gasteiger partial charge in [0.2, 0.25) is 0 Å². The number of nitrogens with one attached hydrogen (secondary N) is 2. The average Bonchev–Trinajstić information content (AvgIpc) is 2.66. The Bertz CT molecular complexity index is 735. The Morgan fingerprint density at radius 3 is 2.41 bits per heavy atom. The van der Waals surface area contributed by atoms with E-state index in [9.17, 15) is 0 Å². The Hall–Kier alpha value is -1.96. The number of hydrogen-bond donors (Lipinski definition) is 2. The van der Waals surface area contributed by atoms with Gasteiger partial charge >= 0.3 is 0 Å². The predicted octanol–water partition coefficient (Wildman–Crippen LogP) is 3.93. The Kier molecular flexibility index (Phi) is 10.6. The fraction of sp³-hybridized carbons (Fsp3) is 0.381. The smallest absolute Gasteiger partial charge is 0.191 e. The molecule has 0 bridgehead atoms. The first-order valence-electron chi connectivity index (χ1n) is 8.95. The first kappa shape index (κ1) is 23.1. The fourth-order valence-corrected chi connectivity index (χ4v) is 2.78. The highest BCUT2D eigenvalue weighted by Crippen LogP contribution is 2.19. The number of benzene rings is 2. The molecule has 0 spiro atoms. The summed E-state index contributed by atoms with van der Waals surface area (Å²) in [6.45, 7) is 6.34. The molecule has 0 unspecified atom stereocenters. The number of aliphatic imine (C=N–C) groups is 1. The zero-order chi connectivity index (χ0) is 18.8. The van der Waals surface area contributed by atoms with Crippen molar-refractivity contribution in [1.29, 1.82) is 0 Å². The Balaban J connectivity index is 0.00000364. The number of ether oxygens (including phenoxy) is 2. The number of rotatable bonds is 8. The molecule has 6 heteroatoms. The van der Waals surface area contributed by atoms with E-state index in [2.05, 4.69) is 34.7 Å². The van der Waals surface area contributed by atoms with Crippen molar-refractivity contribution in [1.82, 2.24) is 10.6 Å². The molecule has 27 heavy (non-hydrogen) atoms. The van der Waals surface area contributed by atoms with E-state index in [0.717, 1.165) is 48.1 Å². The number of guanidine groups is 1. The van der Waals surface area contributed by atoms with Crippen molar-refractivity contribution >= 4 is 29.9 Å². The van der Waals surface area contributed by atoms with Gasteiger partial charge in [0.15, 0.2) is 5.96 Å². The normalized spacial score (nSPS) is 10.7. The van der Waals surface area contributed by atoms with Crippen LogP contribution in [0, 0.1) is 6.92 Å². The molecule has 0 radical (unpaired) electrons. The van der Waals surface area contributed by atoms with Crippen LogP contribution in [0.2, 0.25) is 0 Å². The van der Waals surface area contributed by atoms with E-state index in [1.807, 2.05) is 37.3 Å². The van der Waals surface area contributed by atoms with Crippen LogP contribution in [-0.2, 0) is 13.0 Å². The van der Waals surface area contributed by atoms with Crippen molar-refractivity contribution in [3.8, 4) is 11.5 Å². The lowest BCUT2D eigenvalue weighted by Gasteiger charge is -2.13. The summed E-state index contributed by atoms with van der Waals surface area (Å²) in [5.41, 5.74) is 3.46. The molecule has 0 aliphatic carbocycles. The molecule has 0 fully saturated rings. The lowest BCUT2D eigenvalue weighted by Crippen LogP contribution is -2.38. The van der Waals surface area contributed by atoms with Gasteiger partial charge in [-0.25, -0.2) is 4.99 Å². The second-order valence-electron chi connectivity index (χ2n) is 5.99. The molecule has 0 aliphatic rings. The minimum Gasteiger partial charge on any atom is -0.496 e. The third-order valence-corrected chi connectivity index (χ3v) is 4.10. The molecule has 2 aromatic rings. The van der Waals surface area contributed by atoms with Crippen LogP contribution in [-0.4, -0.2) is 33.3 Å². The molecule has 0 heterocycles. The lowest BCUT2D eigenvalue weighted by molar-refractivity contribution is 0.409. The highest BCUT2D eigenvalue weighted by Gasteiger charge is 2.03. The molecule has 0 aliphatic heterocycles. The van der Waals surface area contributed by atoms with Crippen LogP contribution in [0.4, 0.5) is 0 Å². The number of nitrogens with zero attached hydrogens (tertiary/aromatic N) is 1. The summed E-state index contributed by atoms with van der Waals surface area (Å²) in [5, 5.41) is 6.67. The van der Waals surface area contributed by atoms with E-state index in [1.54, 1.807) is 14.2 Å². The van der Waals surface area contributed by atoms with Crippen molar-refractivity contribution in [2.45, 2.75) is 26.8 Å². The predicted molar refractivity (Wildman–Crippen MR) is 123 cm³/mol. The summed E-state index contributed by atoms with van der Waals surface area (Å²) < 4.78 is 10.7. The largest absolute Gasteiger partial charge is 0.496 e. The lowest BCUT2D eigenvalue weighted by atomic mass is 10.1. The van der Waals surface area contributed by atoms with Gasteiger partial charge in [-0.3, -0.25) is 0 Å². The van der Waals surface area contributed by atoms with Crippen LogP contribution in [0.5, 0.6) is 11.5 Å². The zero-order valence-electron chi connectivity index (χ0n) is 16.5. The fourth-order valence-electron chi connectivity index (χ4n) is 2.78. The molecule has 2 aromatic carbocycles. The van der Waals surface area contributed by atoms with E-state index < -0.39 is 0 Å². The number of hydrogen-bond acceptors (Lipinski definition) is 3. The highest BCUT2D eigenvalue weighted by molar-refractivity contribution is 14.0. The first-order valence-corrected chi connectivity index (χ1v) is 8.95. The third-order valence-electron chi connectivity index (χ3n) is 4.10. The number of methoxy groups -OCH3 is 2. The van der Waals surface area contributed by atoms with Crippen LogP contribution < -0.4 is 20.1 Å². The highest BCUT2D eigenvalue weighted by atomic mass is 127. The van der Waals surface area contributed by atoms with Gasteiger partial charge in [-0.2, -0.15) is 0 Å². The van der Waals surface area contributed by atoms with Crippen molar-refractivity contribution in [2.24, 2.45) is 4.99 Å². The maximum Gasteiger partial charge on any atom is 0.191 e. The van der Waals surface area contributed by atoms with Gasteiger partial charge in [-0.1, -0.05) is 30.3 Å². The number of halogens is 1. The molecule has 0 aromatic heterocycles. The van der Waals surface area contributed by atoms with E-state index in [-0.39, 0.29) is 24.0 Å². The Labute approximate surface area is 179 Å². The maximum atomic E-state index is 5.40. The van der Waals surface area contributed by atoms with Crippen LogP contribution in [0.1, 0.15) is 23.6 Å². The molecular formula is C21H30IN3O2. The summed E-state index contributed by atoms with van der Waals surface area (Å²) in [6.07, 6.45) is 0.871. The number of aryl methyl sites for hydroxylation is 1. The monoisotopic (exact) mass is 483 g/mol. The van der Waals surface area contributed by atoms with Crippen molar-refractivity contribution in [2.75, 3.05) is 27.3 Å². The van der Waals surface area contributed by atoms with E-state index in [0.29, 0.717) is 6.54 Å². The van der Waals surface area contributed by atoms with Crippen LogP contribution in [0.3, 0.4) is 0 Å². The quantitative estimate of drug-likeness (QED) is 0.340.